The van der Waals surface area contributed by atoms with Crippen LogP contribution >= 0.6 is 23.2 Å². The number of nitrogens with zero attached hydrogens (tertiary/aromatic N) is 2. The number of ether oxygens (including phenoxy) is 1. The van der Waals surface area contributed by atoms with E-state index in [4.69, 9.17) is 27.9 Å². The number of rotatable bonds is 5. The molecule has 0 aliphatic rings. The SMILES string of the molecule is Cn1c(C(=O)OCC(=O)Nc2ccc(Cl)cn2)c(-c2ccc(Cl)cc2)c2ccccc2c1=O. The predicted octanol–water partition coefficient (Wildman–Crippen LogP) is 4.70. The summed E-state index contributed by atoms with van der Waals surface area (Å²) in [6.07, 6.45) is 1.38. The van der Waals surface area contributed by atoms with Crippen LogP contribution in [0.2, 0.25) is 10.0 Å². The number of aromatic nitrogens is 2. The van der Waals surface area contributed by atoms with Crippen molar-refractivity contribution in [2.75, 3.05) is 11.9 Å². The Bertz CT molecular complexity index is 1420. The molecule has 0 spiro atoms. The van der Waals surface area contributed by atoms with Crippen molar-refractivity contribution in [3.8, 4) is 11.1 Å². The average Bonchev–Trinajstić information content (AvgIpc) is 2.82. The minimum atomic E-state index is -0.815. The summed E-state index contributed by atoms with van der Waals surface area (Å²) in [5.41, 5.74) is 0.852. The topological polar surface area (TPSA) is 90.3 Å². The maximum absolute atomic E-state index is 13.1. The zero-order chi connectivity index (χ0) is 23.5. The van der Waals surface area contributed by atoms with Crippen molar-refractivity contribution in [3.05, 3.63) is 93.0 Å². The third-order valence-electron chi connectivity index (χ3n) is 4.96. The van der Waals surface area contributed by atoms with Gasteiger partial charge in [-0.2, -0.15) is 0 Å². The molecular formula is C24H17Cl2N3O4. The van der Waals surface area contributed by atoms with Crippen LogP contribution in [0.15, 0.2) is 71.7 Å². The molecule has 0 radical (unpaired) electrons. The molecule has 33 heavy (non-hydrogen) atoms. The van der Waals surface area contributed by atoms with Crippen LogP contribution in [-0.2, 0) is 16.6 Å². The van der Waals surface area contributed by atoms with Crippen molar-refractivity contribution >= 4 is 51.7 Å². The summed E-state index contributed by atoms with van der Waals surface area (Å²) in [7, 11) is 1.49. The molecule has 0 aliphatic carbocycles. The smallest absolute Gasteiger partial charge is 0.356 e. The predicted molar refractivity (Wildman–Crippen MR) is 128 cm³/mol. The number of hydrogen-bond acceptors (Lipinski definition) is 5. The lowest BCUT2D eigenvalue weighted by atomic mass is 9.97. The molecule has 0 atom stereocenters. The third-order valence-corrected chi connectivity index (χ3v) is 5.43. The average molecular weight is 482 g/mol. The van der Waals surface area contributed by atoms with Crippen LogP contribution in [0.1, 0.15) is 10.5 Å². The Morgan fingerprint density at radius 1 is 0.970 bits per heavy atom. The molecule has 0 saturated carbocycles. The van der Waals surface area contributed by atoms with Gasteiger partial charge in [-0.15, -0.1) is 0 Å². The van der Waals surface area contributed by atoms with E-state index >= 15 is 0 Å². The molecule has 2 aromatic heterocycles. The molecule has 2 aromatic carbocycles. The Morgan fingerprint density at radius 2 is 1.64 bits per heavy atom. The minimum absolute atomic E-state index is 0.0263. The molecule has 1 N–H and O–H groups in total. The molecule has 4 aromatic rings. The van der Waals surface area contributed by atoms with Gasteiger partial charge in [0.25, 0.3) is 11.5 Å². The number of amides is 1. The summed E-state index contributed by atoms with van der Waals surface area (Å²) in [6.45, 7) is -0.565. The summed E-state index contributed by atoms with van der Waals surface area (Å²) in [5, 5.41) is 4.51. The van der Waals surface area contributed by atoms with Crippen molar-refractivity contribution in [2.24, 2.45) is 7.05 Å². The first kappa shape index (κ1) is 22.5. The number of esters is 1. The molecule has 7 nitrogen and oxygen atoms in total. The summed E-state index contributed by atoms with van der Waals surface area (Å²) in [4.78, 5) is 42.2. The van der Waals surface area contributed by atoms with Crippen LogP contribution in [0.4, 0.5) is 5.82 Å². The molecule has 0 fully saturated rings. The fraction of sp³-hybridized carbons (Fsp3) is 0.0833. The van der Waals surface area contributed by atoms with Crippen LogP contribution in [0.3, 0.4) is 0 Å². The van der Waals surface area contributed by atoms with Crippen molar-refractivity contribution in [3.63, 3.8) is 0 Å². The highest BCUT2D eigenvalue weighted by molar-refractivity contribution is 6.30. The van der Waals surface area contributed by atoms with Gasteiger partial charge in [-0.25, -0.2) is 9.78 Å². The molecule has 4 rings (SSSR count). The van der Waals surface area contributed by atoms with E-state index < -0.39 is 18.5 Å². The fourth-order valence-electron chi connectivity index (χ4n) is 3.44. The summed E-state index contributed by atoms with van der Waals surface area (Å²) in [6, 6.07) is 17.0. The fourth-order valence-corrected chi connectivity index (χ4v) is 3.68. The Balaban J connectivity index is 1.69. The second kappa shape index (κ2) is 9.44. The second-order valence-electron chi connectivity index (χ2n) is 7.13. The molecule has 1 amide bonds. The van der Waals surface area contributed by atoms with Crippen LogP contribution < -0.4 is 10.9 Å². The summed E-state index contributed by atoms with van der Waals surface area (Å²) >= 11 is 11.8. The third kappa shape index (κ3) is 4.74. The number of fused-ring (bicyclic) bond motifs is 1. The van der Waals surface area contributed by atoms with Crippen LogP contribution in [0.25, 0.3) is 21.9 Å². The lowest BCUT2D eigenvalue weighted by Gasteiger charge is -2.16. The van der Waals surface area contributed by atoms with Gasteiger partial charge in [0.05, 0.1) is 5.02 Å². The number of anilines is 1. The molecule has 2 heterocycles. The van der Waals surface area contributed by atoms with Crippen LogP contribution in [0, 0.1) is 0 Å². The number of halogens is 2. The van der Waals surface area contributed by atoms with Gasteiger partial charge >= 0.3 is 5.97 Å². The Kier molecular flexibility index (Phi) is 6.44. The van der Waals surface area contributed by atoms with E-state index in [9.17, 15) is 14.4 Å². The van der Waals surface area contributed by atoms with E-state index in [2.05, 4.69) is 10.3 Å². The molecule has 0 bridgehead atoms. The molecule has 0 aliphatic heterocycles. The van der Waals surface area contributed by atoms with E-state index in [-0.39, 0.29) is 17.1 Å². The molecular weight excluding hydrogens is 465 g/mol. The molecule has 0 unspecified atom stereocenters. The van der Waals surface area contributed by atoms with Gasteiger partial charge in [-0.3, -0.25) is 9.59 Å². The number of carbonyl (C=O) groups excluding carboxylic acids is 2. The van der Waals surface area contributed by atoms with E-state index in [1.165, 1.54) is 23.9 Å². The van der Waals surface area contributed by atoms with Gasteiger partial charge in [0.2, 0.25) is 0 Å². The number of pyridine rings is 2. The van der Waals surface area contributed by atoms with E-state index in [1.54, 1.807) is 54.6 Å². The quantitative estimate of drug-likeness (QED) is 0.417. The monoisotopic (exact) mass is 481 g/mol. The zero-order valence-electron chi connectivity index (χ0n) is 17.3. The van der Waals surface area contributed by atoms with Crippen molar-refractivity contribution in [1.29, 1.82) is 0 Å². The largest absolute Gasteiger partial charge is 0.451 e. The molecule has 0 saturated heterocycles. The van der Waals surface area contributed by atoms with Crippen LogP contribution in [-0.4, -0.2) is 28.0 Å². The van der Waals surface area contributed by atoms with Gasteiger partial charge in [0.15, 0.2) is 6.61 Å². The van der Waals surface area contributed by atoms with E-state index in [1.807, 2.05) is 0 Å². The van der Waals surface area contributed by atoms with Crippen molar-refractivity contribution < 1.29 is 14.3 Å². The van der Waals surface area contributed by atoms with Gasteiger partial charge in [-0.05, 0) is 41.3 Å². The Hall–Kier alpha value is -3.68. The Morgan fingerprint density at radius 3 is 2.30 bits per heavy atom. The maximum Gasteiger partial charge on any atom is 0.356 e. The van der Waals surface area contributed by atoms with Gasteiger partial charge < -0.3 is 14.6 Å². The van der Waals surface area contributed by atoms with Gasteiger partial charge in [0, 0.05) is 29.2 Å². The number of hydrogen-bond donors (Lipinski definition) is 1. The van der Waals surface area contributed by atoms with Crippen LogP contribution in [0.5, 0.6) is 0 Å². The number of benzene rings is 2. The lowest BCUT2D eigenvalue weighted by Crippen LogP contribution is -2.28. The Labute approximate surface area is 198 Å². The van der Waals surface area contributed by atoms with E-state index in [0.29, 0.717) is 31.9 Å². The number of nitrogens with one attached hydrogen (secondary N) is 1. The van der Waals surface area contributed by atoms with Crippen molar-refractivity contribution in [1.82, 2.24) is 9.55 Å². The molecule has 9 heteroatoms. The minimum Gasteiger partial charge on any atom is -0.451 e. The normalized spacial score (nSPS) is 10.8. The first-order valence-electron chi connectivity index (χ1n) is 9.81. The number of carbonyl (C=O) groups is 2. The van der Waals surface area contributed by atoms with Gasteiger partial charge in [-0.1, -0.05) is 53.5 Å². The highest BCUT2D eigenvalue weighted by Crippen LogP contribution is 2.31. The standard InChI is InChI=1S/C24H17Cl2N3O4/c1-29-22(24(32)33-13-20(30)28-19-11-10-16(26)12-27-19)21(14-6-8-15(25)9-7-14)17-4-2-3-5-18(17)23(29)31/h2-12H,13H2,1H3,(H,27,28,30). The summed E-state index contributed by atoms with van der Waals surface area (Å²) in [5.74, 6) is -1.14. The lowest BCUT2D eigenvalue weighted by molar-refractivity contribution is -0.119. The first-order chi connectivity index (χ1) is 15.8. The zero-order valence-corrected chi connectivity index (χ0v) is 18.9. The highest BCUT2D eigenvalue weighted by Gasteiger charge is 2.23. The maximum atomic E-state index is 13.1. The summed E-state index contributed by atoms with van der Waals surface area (Å²) < 4.78 is 6.50. The highest BCUT2D eigenvalue weighted by atomic mass is 35.5. The molecule has 166 valence electrons. The van der Waals surface area contributed by atoms with E-state index in [0.717, 1.165) is 0 Å². The van der Waals surface area contributed by atoms with Crippen molar-refractivity contribution in [2.45, 2.75) is 0 Å². The van der Waals surface area contributed by atoms with Gasteiger partial charge in [0.1, 0.15) is 11.5 Å². The second-order valence-corrected chi connectivity index (χ2v) is 8.00. The first-order valence-corrected chi connectivity index (χ1v) is 10.6.